The average molecular weight is 344 g/mol. The first-order valence-electron chi connectivity index (χ1n) is 8.57. The van der Waals surface area contributed by atoms with E-state index in [1.54, 1.807) is 28.9 Å². The predicted molar refractivity (Wildman–Crippen MR) is 96.9 cm³/mol. The van der Waals surface area contributed by atoms with E-state index in [1.807, 2.05) is 11.0 Å². The fourth-order valence-corrected chi connectivity index (χ4v) is 3.11. The second-order valence-corrected chi connectivity index (χ2v) is 6.64. The SMILES string of the molecule is CNC(=O)N1CCN(c2nc3ccncc3n(CC(C)C)c2=O)CC1. The van der Waals surface area contributed by atoms with Crippen LogP contribution >= 0.6 is 0 Å². The van der Waals surface area contributed by atoms with Crippen LogP contribution in [0.25, 0.3) is 11.0 Å². The van der Waals surface area contributed by atoms with Crippen molar-refractivity contribution in [2.45, 2.75) is 20.4 Å². The number of amides is 2. The Kier molecular flexibility index (Phi) is 4.87. The molecular weight excluding hydrogens is 320 g/mol. The predicted octanol–water partition coefficient (Wildman–Crippen LogP) is 0.909. The number of pyridine rings is 1. The largest absolute Gasteiger partial charge is 0.348 e. The number of hydrogen-bond acceptors (Lipinski definition) is 5. The molecule has 1 fully saturated rings. The molecule has 134 valence electrons. The average Bonchev–Trinajstić information content (AvgIpc) is 2.63. The van der Waals surface area contributed by atoms with Gasteiger partial charge in [-0.05, 0) is 12.0 Å². The lowest BCUT2D eigenvalue weighted by Crippen LogP contribution is -2.52. The summed E-state index contributed by atoms with van der Waals surface area (Å²) in [7, 11) is 1.62. The highest BCUT2D eigenvalue weighted by atomic mass is 16.2. The number of urea groups is 1. The van der Waals surface area contributed by atoms with Crippen molar-refractivity contribution in [3.63, 3.8) is 0 Å². The van der Waals surface area contributed by atoms with Crippen LogP contribution in [0.4, 0.5) is 10.6 Å². The van der Waals surface area contributed by atoms with Crippen molar-refractivity contribution in [3.8, 4) is 0 Å². The second kappa shape index (κ2) is 7.08. The highest BCUT2D eigenvalue weighted by Crippen LogP contribution is 2.16. The number of rotatable bonds is 3. The van der Waals surface area contributed by atoms with E-state index in [0.29, 0.717) is 44.5 Å². The van der Waals surface area contributed by atoms with Crippen molar-refractivity contribution in [1.82, 2.24) is 24.8 Å². The van der Waals surface area contributed by atoms with E-state index in [4.69, 9.17) is 0 Å². The number of nitrogens with one attached hydrogen (secondary N) is 1. The van der Waals surface area contributed by atoms with Crippen LogP contribution in [-0.4, -0.2) is 58.7 Å². The molecule has 3 rings (SSSR count). The number of carbonyl (C=O) groups is 1. The first-order valence-corrected chi connectivity index (χ1v) is 8.57. The van der Waals surface area contributed by atoms with Crippen molar-refractivity contribution in [2.75, 3.05) is 38.1 Å². The van der Waals surface area contributed by atoms with Gasteiger partial charge in [-0.15, -0.1) is 0 Å². The number of anilines is 1. The summed E-state index contributed by atoms with van der Waals surface area (Å²) in [6.07, 6.45) is 3.38. The Morgan fingerprint density at radius 3 is 2.64 bits per heavy atom. The minimum atomic E-state index is -0.0948. The molecule has 1 aliphatic rings. The fourth-order valence-electron chi connectivity index (χ4n) is 3.11. The van der Waals surface area contributed by atoms with Crippen molar-refractivity contribution in [3.05, 3.63) is 28.8 Å². The van der Waals surface area contributed by atoms with Gasteiger partial charge in [-0.25, -0.2) is 9.78 Å². The number of nitrogens with zero attached hydrogens (tertiary/aromatic N) is 5. The molecule has 0 aromatic carbocycles. The van der Waals surface area contributed by atoms with Crippen LogP contribution in [0.3, 0.4) is 0 Å². The normalized spacial score (nSPS) is 15.0. The molecule has 1 aliphatic heterocycles. The Bertz CT molecular complexity index is 823. The van der Waals surface area contributed by atoms with Gasteiger partial charge >= 0.3 is 6.03 Å². The molecule has 0 atom stereocenters. The molecule has 0 aliphatic carbocycles. The van der Waals surface area contributed by atoms with Gasteiger partial charge < -0.3 is 19.7 Å². The van der Waals surface area contributed by atoms with Gasteiger partial charge in [0.15, 0.2) is 5.82 Å². The molecule has 2 amide bonds. The van der Waals surface area contributed by atoms with Crippen LogP contribution in [0.1, 0.15) is 13.8 Å². The van der Waals surface area contributed by atoms with Crippen molar-refractivity contribution in [2.24, 2.45) is 5.92 Å². The van der Waals surface area contributed by atoms with Gasteiger partial charge in [-0.3, -0.25) is 9.78 Å². The van der Waals surface area contributed by atoms with Gasteiger partial charge in [0.2, 0.25) is 0 Å². The minimum Gasteiger partial charge on any atom is -0.348 e. The third kappa shape index (κ3) is 3.42. The first kappa shape index (κ1) is 17.2. The summed E-state index contributed by atoms with van der Waals surface area (Å²) in [5, 5.41) is 2.64. The van der Waals surface area contributed by atoms with Gasteiger partial charge in [-0.2, -0.15) is 0 Å². The van der Waals surface area contributed by atoms with E-state index in [0.717, 1.165) is 11.0 Å². The lowest BCUT2D eigenvalue weighted by atomic mass is 10.2. The number of carbonyl (C=O) groups excluding carboxylic acids is 1. The highest BCUT2D eigenvalue weighted by Gasteiger charge is 2.24. The van der Waals surface area contributed by atoms with Crippen LogP contribution in [0.5, 0.6) is 0 Å². The van der Waals surface area contributed by atoms with Gasteiger partial charge in [-0.1, -0.05) is 13.8 Å². The summed E-state index contributed by atoms with van der Waals surface area (Å²) in [6, 6.07) is 1.74. The van der Waals surface area contributed by atoms with E-state index < -0.39 is 0 Å². The molecule has 8 heteroatoms. The number of hydrogen-bond donors (Lipinski definition) is 1. The number of fused-ring (bicyclic) bond motifs is 1. The summed E-state index contributed by atoms with van der Waals surface area (Å²) < 4.78 is 1.76. The smallest absolute Gasteiger partial charge is 0.317 e. The molecule has 0 unspecified atom stereocenters. The standard InChI is InChI=1S/C17H24N6O2/c1-12(2)11-23-14-10-19-5-4-13(14)20-15(16(23)24)21-6-8-22(9-7-21)17(25)18-3/h4-5,10,12H,6-9,11H2,1-3H3,(H,18,25). The van der Waals surface area contributed by atoms with Gasteiger partial charge in [0.25, 0.3) is 5.56 Å². The summed E-state index contributed by atoms with van der Waals surface area (Å²) in [6.45, 7) is 7.10. The molecule has 1 N–H and O–H groups in total. The molecule has 0 spiro atoms. The number of aromatic nitrogens is 3. The lowest BCUT2D eigenvalue weighted by Gasteiger charge is -2.35. The molecule has 2 aromatic heterocycles. The maximum Gasteiger partial charge on any atom is 0.317 e. The Balaban J connectivity index is 1.96. The van der Waals surface area contributed by atoms with E-state index in [9.17, 15) is 9.59 Å². The lowest BCUT2D eigenvalue weighted by molar-refractivity contribution is 0.196. The van der Waals surface area contributed by atoms with Crippen LogP contribution < -0.4 is 15.8 Å². The Labute approximate surface area is 146 Å². The molecule has 8 nitrogen and oxygen atoms in total. The minimum absolute atomic E-state index is 0.0885. The summed E-state index contributed by atoms with van der Waals surface area (Å²) in [5.41, 5.74) is 1.43. The monoisotopic (exact) mass is 344 g/mol. The maximum absolute atomic E-state index is 13.0. The first-order chi connectivity index (χ1) is 12.0. The Hall–Kier alpha value is -2.64. The molecule has 25 heavy (non-hydrogen) atoms. The Morgan fingerprint density at radius 1 is 1.28 bits per heavy atom. The van der Waals surface area contributed by atoms with Crippen molar-refractivity contribution < 1.29 is 4.79 Å². The van der Waals surface area contributed by atoms with Gasteiger partial charge in [0.1, 0.15) is 0 Å². The summed E-state index contributed by atoms with van der Waals surface area (Å²) in [5.74, 6) is 0.789. The van der Waals surface area contributed by atoms with E-state index in [-0.39, 0.29) is 11.6 Å². The molecule has 3 heterocycles. The maximum atomic E-state index is 13.0. The van der Waals surface area contributed by atoms with Crippen LogP contribution in [0.2, 0.25) is 0 Å². The zero-order valence-electron chi connectivity index (χ0n) is 14.9. The molecule has 1 saturated heterocycles. The van der Waals surface area contributed by atoms with Gasteiger partial charge in [0, 0.05) is 46.0 Å². The van der Waals surface area contributed by atoms with Crippen LogP contribution in [0, 0.1) is 5.92 Å². The summed E-state index contributed by atoms with van der Waals surface area (Å²) in [4.78, 5) is 37.2. The zero-order chi connectivity index (χ0) is 18.0. The molecule has 0 saturated carbocycles. The topological polar surface area (TPSA) is 83.4 Å². The van der Waals surface area contributed by atoms with E-state index >= 15 is 0 Å². The number of piperazine rings is 1. The third-order valence-electron chi connectivity index (χ3n) is 4.36. The van der Waals surface area contributed by atoms with Gasteiger partial charge in [0.05, 0.1) is 17.2 Å². The fraction of sp³-hybridized carbons (Fsp3) is 0.529. The second-order valence-electron chi connectivity index (χ2n) is 6.64. The van der Waals surface area contributed by atoms with E-state index in [1.165, 1.54) is 0 Å². The molecule has 2 aromatic rings. The summed E-state index contributed by atoms with van der Waals surface area (Å²) >= 11 is 0. The third-order valence-corrected chi connectivity index (χ3v) is 4.36. The van der Waals surface area contributed by atoms with E-state index in [2.05, 4.69) is 29.1 Å². The van der Waals surface area contributed by atoms with Crippen molar-refractivity contribution >= 4 is 22.9 Å². The quantitative estimate of drug-likeness (QED) is 0.895. The Morgan fingerprint density at radius 2 is 2.00 bits per heavy atom. The molecular formula is C17H24N6O2. The van der Waals surface area contributed by atoms with Crippen molar-refractivity contribution in [1.29, 1.82) is 0 Å². The van der Waals surface area contributed by atoms with Crippen LogP contribution in [-0.2, 0) is 6.54 Å². The van der Waals surface area contributed by atoms with Crippen LogP contribution in [0.15, 0.2) is 23.3 Å². The zero-order valence-corrected chi connectivity index (χ0v) is 14.9. The molecule has 0 radical (unpaired) electrons. The highest BCUT2D eigenvalue weighted by molar-refractivity contribution is 5.76. The molecule has 0 bridgehead atoms.